The van der Waals surface area contributed by atoms with Crippen molar-refractivity contribution in [1.29, 1.82) is 0 Å². The van der Waals surface area contributed by atoms with Crippen molar-refractivity contribution >= 4 is 11.0 Å². The molecule has 0 N–H and O–H groups in total. The van der Waals surface area contributed by atoms with Crippen molar-refractivity contribution in [1.82, 2.24) is 9.97 Å². The van der Waals surface area contributed by atoms with Crippen LogP contribution in [-0.2, 0) is 6.67 Å². The van der Waals surface area contributed by atoms with Gasteiger partial charge in [-0.25, -0.2) is 9.37 Å². The predicted octanol–water partition coefficient (Wildman–Crippen LogP) is 2.10. The maximum absolute atomic E-state index is 12.2. The Bertz CT molecular complexity index is 400. The van der Waals surface area contributed by atoms with Gasteiger partial charge in [-0.05, 0) is 24.3 Å². The van der Waals surface area contributed by atoms with Crippen molar-refractivity contribution in [3.8, 4) is 0 Å². The molecule has 2 heterocycles. The topological polar surface area (TPSA) is 25.8 Å². The first-order valence-electron chi connectivity index (χ1n) is 3.67. The molecule has 0 bridgehead atoms. The number of aromatic nitrogens is 2. The van der Waals surface area contributed by atoms with Crippen molar-refractivity contribution in [3.05, 3.63) is 36.2 Å². The number of nitrogens with zero attached hydrogens (tertiary/aromatic N) is 2. The van der Waals surface area contributed by atoms with E-state index in [0.29, 0.717) is 5.69 Å². The number of pyridine rings is 2. The quantitative estimate of drug-likeness (QED) is 0.641. The average molecular weight is 162 g/mol. The summed E-state index contributed by atoms with van der Waals surface area (Å²) < 4.78 is 12.2. The third-order valence-electron chi connectivity index (χ3n) is 1.65. The molecule has 0 atom stereocenters. The van der Waals surface area contributed by atoms with E-state index in [9.17, 15) is 4.39 Å². The fraction of sp³-hybridized carbons (Fsp3) is 0.111. The summed E-state index contributed by atoms with van der Waals surface area (Å²) >= 11 is 0. The Hall–Kier alpha value is -1.51. The average Bonchev–Trinajstić information content (AvgIpc) is 2.17. The fourth-order valence-corrected chi connectivity index (χ4v) is 1.07. The maximum Gasteiger partial charge on any atom is 0.131 e. The highest BCUT2D eigenvalue weighted by atomic mass is 19.1. The van der Waals surface area contributed by atoms with Gasteiger partial charge in [-0.1, -0.05) is 0 Å². The van der Waals surface area contributed by atoms with Gasteiger partial charge in [0.25, 0.3) is 0 Å². The molecular weight excluding hydrogens is 155 g/mol. The van der Waals surface area contributed by atoms with Crippen molar-refractivity contribution in [2.45, 2.75) is 6.67 Å². The molecule has 2 aromatic heterocycles. The Kier molecular flexibility index (Phi) is 1.70. The van der Waals surface area contributed by atoms with Crippen LogP contribution < -0.4 is 0 Å². The van der Waals surface area contributed by atoms with Gasteiger partial charge in [-0.3, -0.25) is 4.98 Å². The van der Waals surface area contributed by atoms with Crippen molar-refractivity contribution in [2.24, 2.45) is 0 Å². The molecule has 0 aliphatic heterocycles. The van der Waals surface area contributed by atoms with E-state index in [1.54, 1.807) is 24.4 Å². The molecule has 2 nitrogen and oxygen atoms in total. The first-order valence-corrected chi connectivity index (χ1v) is 3.67. The normalized spacial score (nSPS) is 10.4. The van der Waals surface area contributed by atoms with Crippen LogP contribution in [0.4, 0.5) is 4.39 Å². The molecule has 0 spiro atoms. The highest BCUT2D eigenvalue weighted by Gasteiger charge is 1.96. The number of hydrogen-bond donors (Lipinski definition) is 0. The lowest BCUT2D eigenvalue weighted by Gasteiger charge is -1.96. The minimum absolute atomic E-state index is 0.454. The van der Waals surface area contributed by atoms with Gasteiger partial charge in [0, 0.05) is 6.20 Å². The minimum atomic E-state index is -0.523. The summed E-state index contributed by atoms with van der Waals surface area (Å²) in [4.78, 5) is 8.13. The summed E-state index contributed by atoms with van der Waals surface area (Å²) in [6.45, 7) is -0.523. The van der Waals surface area contributed by atoms with Crippen LogP contribution in [0.3, 0.4) is 0 Å². The van der Waals surface area contributed by atoms with Crippen LogP contribution in [0.5, 0.6) is 0 Å². The van der Waals surface area contributed by atoms with E-state index in [1.807, 2.05) is 6.07 Å². The molecule has 0 radical (unpaired) electrons. The van der Waals surface area contributed by atoms with Crippen LogP contribution >= 0.6 is 0 Å². The van der Waals surface area contributed by atoms with E-state index in [0.717, 1.165) is 11.0 Å². The molecule has 0 aliphatic carbocycles. The van der Waals surface area contributed by atoms with Crippen molar-refractivity contribution < 1.29 is 4.39 Å². The summed E-state index contributed by atoms with van der Waals surface area (Å²) in [7, 11) is 0. The Labute approximate surface area is 69.1 Å². The Morgan fingerprint density at radius 1 is 1.17 bits per heavy atom. The standard InChI is InChI=1S/C9H7FN2/c10-6-7-3-4-8-9(12-7)2-1-5-11-8/h1-5H,6H2. The number of rotatable bonds is 1. The van der Waals surface area contributed by atoms with E-state index in [-0.39, 0.29) is 0 Å². The fourth-order valence-electron chi connectivity index (χ4n) is 1.07. The third-order valence-corrected chi connectivity index (χ3v) is 1.65. The zero-order valence-corrected chi connectivity index (χ0v) is 6.37. The summed E-state index contributed by atoms with van der Waals surface area (Å²) in [6, 6.07) is 7.03. The van der Waals surface area contributed by atoms with Gasteiger partial charge in [-0.2, -0.15) is 0 Å². The van der Waals surface area contributed by atoms with Crippen LogP contribution in [0.2, 0.25) is 0 Å². The van der Waals surface area contributed by atoms with Crippen LogP contribution in [0, 0.1) is 0 Å². The lowest BCUT2D eigenvalue weighted by atomic mass is 10.3. The molecule has 0 saturated carbocycles. The largest absolute Gasteiger partial charge is 0.255 e. The molecule has 60 valence electrons. The number of hydrogen-bond acceptors (Lipinski definition) is 2. The van der Waals surface area contributed by atoms with Crippen LogP contribution in [0.1, 0.15) is 5.69 Å². The predicted molar refractivity (Wildman–Crippen MR) is 44.4 cm³/mol. The van der Waals surface area contributed by atoms with E-state index in [2.05, 4.69) is 9.97 Å². The highest BCUT2D eigenvalue weighted by molar-refractivity contribution is 5.73. The monoisotopic (exact) mass is 162 g/mol. The first-order chi connectivity index (χ1) is 5.90. The molecule has 2 rings (SSSR count). The molecule has 0 aromatic carbocycles. The zero-order valence-electron chi connectivity index (χ0n) is 6.37. The van der Waals surface area contributed by atoms with E-state index in [1.165, 1.54) is 0 Å². The van der Waals surface area contributed by atoms with Gasteiger partial charge in [-0.15, -0.1) is 0 Å². The smallest absolute Gasteiger partial charge is 0.131 e. The summed E-state index contributed by atoms with van der Waals surface area (Å²) in [6.07, 6.45) is 1.69. The Morgan fingerprint density at radius 3 is 2.92 bits per heavy atom. The van der Waals surface area contributed by atoms with Gasteiger partial charge in [0.15, 0.2) is 0 Å². The van der Waals surface area contributed by atoms with Crippen LogP contribution in [0.25, 0.3) is 11.0 Å². The number of fused-ring (bicyclic) bond motifs is 1. The molecule has 12 heavy (non-hydrogen) atoms. The maximum atomic E-state index is 12.2. The molecule has 0 amide bonds. The van der Waals surface area contributed by atoms with Gasteiger partial charge in [0.2, 0.25) is 0 Å². The van der Waals surface area contributed by atoms with E-state index < -0.39 is 6.67 Å². The molecule has 0 aliphatic rings. The highest BCUT2D eigenvalue weighted by Crippen LogP contribution is 2.09. The number of halogens is 1. The first kappa shape index (κ1) is 7.16. The Balaban J connectivity index is 2.67. The molecule has 0 fully saturated rings. The molecule has 2 aromatic rings. The molecular formula is C9H7FN2. The van der Waals surface area contributed by atoms with Gasteiger partial charge in [0.05, 0.1) is 16.7 Å². The van der Waals surface area contributed by atoms with Gasteiger partial charge in [0.1, 0.15) is 6.67 Å². The van der Waals surface area contributed by atoms with E-state index in [4.69, 9.17) is 0 Å². The van der Waals surface area contributed by atoms with Crippen molar-refractivity contribution in [2.75, 3.05) is 0 Å². The van der Waals surface area contributed by atoms with Crippen LogP contribution in [-0.4, -0.2) is 9.97 Å². The lowest BCUT2D eigenvalue weighted by molar-refractivity contribution is 0.477. The second kappa shape index (κ2) is 2.85. The van der Waals surface area contributed by atoms with E-state index >= 15 is 0 Å². The van der Waals surface area contributed by atoms with Gasteiger partial charge >= 0.3 is 0 Å². The Morgan fingerprint density at radius 2 is 2.08 bits per heavy atom. The SMILES string of the molecule is FCc1ccc2ncccc2n1. The third kappa shape index (κ3) is 1.13. The summed E-state index contributed by atoms with van der Waals surface area (Å²) in [5.74, 6) is 0. The molecule has 3 heteroatoms. The van der Waals surface area contributed by atoms with Gasteiger partial charge < -0.3 is 0 Å². The zero-order chi connectivity index (χ0) is 8.39. The summed E-state index contributed by atoms with van der Waals surface area (Å²) in [5, 5.41) is 0. The molecule has 0 saturated heterocycles. The molecule has 0 unspecified atom stereocenters. The van der Waals surface area contributed by atoms with Crippen molar-refractivity contribution in [3.63, 3.8) is 0 Å². The number of alkyl halides is 1. The second-order valence-corrected chi connectivity index (χ2v) is 2.48. The lowest BCUT2D eigenvalue weighted by Crippen LogP contribution is -1.87. The summed E-state index contributed by atoms with van der Waals surface area (Å²) in [5.41, 5.74) is 2.00. The second-order valence-electron chi connectivity index (χ2n) is 2.48. The minimum Gasteiger partial charge on any atom is -0.255 e. The van der Waals surface area contributed by atoms with Crippen LogP contribution in [0.15, 0.2) is 30.5 Å².